The molecule has 4 rings (SSSR count). The van der Waals surface area contributed by atoms with Crippen LogP contribution in [0, 0.1) is 0 Å². The molecule has 0 aliphatic rings. The second-order valence-electron chi connectivity index (χ2n) is 7.78. The molecule has 0 radical (unpaired) electrons. The zero-order valence-corrected chi connectivity index (χ0v) is 19.3. The van der Waals surface area contributed by atoms with Gasteiger partial charge in [0.2, 0.25) is 0 Å². The predicted octanol–water partition coefficient (Wildman–Crippen LogP) is 5.85. The van der Waals surface area contributed by atoms with Gasteiger partial charge in [-0.1, -0.05) is 41.9 Å². The molecule has 1 heterocycles. The van der Waals surface area contributed by atoms with Crippen LogP contribution in [-0.2, 0) is 0 Å². The molecule has 0 atom stereocenters. The molecule has 4 aromatic rings. The molecule has 0 bridgehead atoms. The fourth-order valence-corrected chi connectivity index (χ4v) is 3.52. The molecule has 0 amide bonds. The SMILES string of the molecule is CN(C)CCOc1ccc(Nc2nc(-c3ccc(O)cc3)nc(Cl)c2-c2ccccc2)cc1. The van der Waals surface area contributed by atoms with Crippen molar-refractivity contribution in [3.8, 4) is 34.0 Å². The fourth-order valence-electron chi connectivity index (χ4n) is 3.24. The maximum atomic E-state index is 9.61. The Morgan fingerprint density at radius 2 is 1.58 bits per heavy atom. The molecule has 0 fully saturated rings. The summed E-state index contributed by atoms with van der Waals surface area (Å²) in [5.74, 6) is 2.03. The van der Waals surface area contributed by atoms with Crippen molar-refractivity contribution in [3.63, 3.8) is 0 Å². The quantitative estimate of drug-likeness (QED) is 0.321. The van der Waals surface area contributed by atoms with E-state index in [4.69, 9.17) is 21.3 Å². The second-order valence-corrected chi connectivity index (χ2v) is 8.13. The summed E-state index contributed by atoms with van der Waals surface area (Å²) in [7, 11) is 4.03. The van der Waals surface area contributed by atoms with Gasteiger partial charge in [0.15, 0.2) is 5.82 Å². The highest BCUT2D eigenvalue weighted by atomic mass is 35.5. The van der Waals surface area contributed by atoms with Gasteiger partial charge in [0.1, 0.15) is 29.1 Å². The number of hydrogen-bond acceptors (Lipinski definition) is 6. The van der Waals surface area contributed by atoms with Crippen LogP contribution >= 0.6 is 11.6 Å². The van der Waals surface area contributed by atoms with Gasteiger partial charge in [-0.05, 0) is 68.2 Å². The minimum Gasteiger partial charge on any atom is -0.508 e. The van der Waals surface area contributed by atoms with Crippen molar-refractivity contribution in [1.82, 2.24) is 14.9 Å². The third-order valence-corrected chi connectivity index (χ3v) is 5.25. The first-order valence-corrected chi connectivity index (χ1v) is 10.9. The molecule has 3 aromatic carbocycles. The van der Waals surface area contributed by atoms with Gasteiger partial charge in [0.05, 0.1) is 5.56 Å². The summed E-state index contributed by atoms with van der Waals surface area (Å²) in [6.45, 7) is 1.47. The van der Waals surface area contributed by atoms with Crippen LogP contribution in [0.15, 0.2) is 78.9 Å². The molecule has 0 aliphatic carbocycles. The highest BCUT2D eigenvalue weighted by molar-refractivity contribution is 6.33. The van der Waals surface area contributed by atoms with Crippen molar-refractivity contribution < 1.29 is 9.84 Å². The summed E-state index contributed by atoms with van der Waals surface area (Å²) >= 11 is 6.66. The topological polar surface area (TPSA) is 70.5 Å². The zero-order chi connectivity index (χ0) is 23.2. The van der Waals surface area contributed by atoms with E-state index < -0.39 is 0 Å². The van der Waals surface area contributed by atoms with Gasteiger partial charge in [-0.2, -0.15) is 0 Å². The molecular formula is C26H25ClN4O2. The number of halogens is 1. The smallest absolute Gasteiger partial charge is 0.163 e. The Balaban J connectivity index is 1.67. The van der Waals surface area contributed by atoms with E-state index in [1.807, 2.05) is 68.7 Å². The number of nitrogens with zero attached hydrogens (tertiary/aromatic N) is 3. The van der Waals surface area contributed by atoms with Crippen LogP contribution in [-0.4, -0.2) is 47.2 Å². The summed E-state index contributed by atoms with van der Waals surface area (Å²) in [6, 6.07) is 24.2. The van der Waals surface area contributed by atoms with Crippen molar-refractivity contribution in [2.24, 2.45) is 0 Å². The zero-order valence-electron chi connectivity index (χ0n) is 18.5. The van der Waals surface area contributed by atoms with Crippen LogP contribution in [0.3, 0.4) is 0 Å². The van der Waals surface area contributed by atoms with Crippen LogP contribution in [0.2, 0.25) is 5.15 Å². The maximum Gasteiger partial charge on any atom is 0.163 e. The van der Waals surface area contributed by atoms with E-state index in [2.05, 4.69) is 15.2 Å². The van der Waals surface area contributed by atoms with Crippen molar-refractivity contribution in [2.45, 2.75) is 0 Å². The van der Waals surface area contributed by atoms with E-state index in [1.54, 1.807) is 24.3 Å². The molecule has 0 aliphatic heterocycles. The number of ether oxygens (including phenoxy) is 1. The van der Waals surface area contributed by atoms with Crippen molar-refractivity contribution in [3.05, 3.63) is 84.0 Å². The van der Waals surface area contributed by atoms with E-state index in [1.165, 1.54) is 0 Å². The molecule has 7 heteroatoms. The lowest BCUT2D eigenvalue weighted by Crippen LogP contribution is -2.19. The monoisotopic (exact) mass is 460 g/mol. The highest BCUT2D eigenvalue weighted by Gasteiger charge is 2.16. The Bertz CT molecular complexity index is 1200. The first-order valence-electron chi connectivity index (χ1n) is 10.6. The molecule has 0 spiro atoms. The first-order chi connectivity index (χ1) is 16.0. The van der Waals surface area contributed by atoms with Crippen molar-refractivity contribution in [2.75, 3.05) is 32.6 Å². The van der Waals surface area contributed by atoms with Gasteiger partial charge in [-0.25, -0.2) is 9.97 Å². The minimum atomic E-state index is 0.178. The van der Waals surface area contributed by atoms with Crippen LogP contribution in [0.1, 0.15) is 0 Å². The minimum absolute atomic E-state index is 0.178. The Morgan fingerprint density at radius 3 is 2.24 bits per heavy atom. The molecule has 6 nitrogen and oxygen atoms in total. The number of aromatic nitrogens is 2. The van der Waals surface area contributed by atoms with E-state index in [0.29, 0.717) is 29.0 Å². The van der Waals surface area contributed by atoms with Gasteiger partial charge in [0.25, 0.3) is 0 Å². The summed E-state index contributed by atoms with van der Waals surface area (Å²) in [6.07, 6.45) is 0. The van der Waals surface area contributed by atoms with E-state index in [0.717, 1.165) is 29.1 Å². The number of hydrogen-bond donors (Lipinski definition) is 2. The normalized spacial score (nSPS) is 10.9. The fraction of sp³-hybridized carbons (Fsp3) is 0.154. The van der Waals surface area contributed by atoms with Crippen LogP contribution in [0.25, 0.3) is 22.5 Å². The third kappa shape index (κ3) is 5.80. The van der Waals surface area contributed by atoms with Crippen molar-refractivity contribution >= 4 is 23.1 Å². The van der Waals surface area contributed by atoms with Gasteiger partial charge >= 0.3 is 0 Å². The molecule has 0 unspecified atom stereocenters. The molecule has 1 aromatic heterocycles. The lowest BCUT2D eigenvalue weighted by atomic mass is 10.1. The van der Waals surface area contributed by atoms with Gasteiger partial charge in [0, 0.05) is 17.8 Å². The number of phenolic OH excluding ortho intramolecular Hbond substituents is 1. The number of phenols is 1. The van der Waals surface area contributed by atoms with E-state index in [9.17, 15) is 5.11 Å². The van der Waals surface area contributed by atoms with Gasteiger partial charge in [-0.15, -0.1) is 0 Å². The Morgan fingerprint density at radius 1 is 0.879 bits per heavy atom. The van der Waals surface area contributed by atoms with Gasteiger partial charge < -0.3 is 20.1 Å². The van der Waals surface area contributed by atoms with E-state index >= 15 is 0 Å². The van der Waals surface area contributed by atoms with Gasteiger partial charge in [-0.3, -0.25) is 0 Å². The number of likely N-dealkylation sites (N-methyl/N-ethyl adjacent to an activating group) is 1. The number of anilines is 2. The molecule has 33 heavy (non-hydrogen) atoms. The second kappa shape index (κ2) is 10.3. The summed E-state index contributed by atoms with van der Waals surface area (Å²) in [5.41, 5.74) is 3.22. The van der Waals surface area contributed by atoms with Crippen LogP contribution < -0.4 is 10.1 Å². The molecular weight excluding hydrogens is 436 g/mol. The molecule has 168 valence electrons. The summed E-state index contributed by atoms with van der Waals surface area (Å²) in [4.78, 5) is 11.4. The Labute approximate surface area is 198 Å². The lowest BCUT2D eigenvalue weighted by molar-refractivity contribution is 0.261. The number of nitrogens with one attached hydrogen (secondary N) is 1. The van der Waals surface area contributed by atoms with Crippen LogP contribution in [0.4, 0.5) is 11.5 Å². The average Bonchev–Trinajstić information content (AvgIpc) is 2.81. The first kappa shape index (κ1) is 22.6. The highest BCUT2D eigenvalue weighted by Crippen LogP contribution is 2.36. The third-order valence-electron chi connectivity index (χ3n) is 4.98. The summed E-state index contributed by atoms with van der Waals surface area (Å²) in [5, 5.41) is 13.3. The Hall–Kier alpha value is -3.61. The number of rotatable bonds is 8. The number of aromatic hydroxyl groups is 1. The average molecular weight is 461 g/mol. The summed E-state index contributed by atoms with van der Waals surface area (Å²) < 4.78 is 5.78. The Kier molecular flexibility index (Phi) is 7.07. The molecule has 2 N–H and O–H groups in total. The molecule has 0 saturated heterocycles. The van der Waals surface area contributed by atoms with Crippen molar-refractivity contribution in [1.29, 1.82) is 0 Å². The maximum absolute atomic E-state index is 9.61. The van der Waals surface area contributed by atoms with E-state index in [-0.39, 0.29) is 5.75 Å². The predicted molar refractivity (Wildman–Crippen MR) is 133 cm³/mol. The standard InChI is InChI=1S/C26H25ClN4O2/c1-31(2)16-17-33-22-14-10-20(11-15-22)28-26-23(18-6-4-3-5-7-18)24(27)29-25(30-26)19-8-12-21(32)13-9-19/h3-15,32H,16-17H2,1-2H3,(H,28,29,30). The molecule has 0 saturated carbocycles. The van der Waals surface area contributed by atoms with Crippen LogP contribution in [0.5, 0.6) is 11.5 Å². The largest absolute Gasteiger partial charge is 0.508 e. The lowest BCUT2D eigenvalue weighted by Gasteiger charge is -2.15. The number of benzene rings is 3.